The van der Waals surface area contributed by atoms with Crippen LogP contribution in [0.4, 0.5) is 0 Å². The molecule has 88 valence electrons. The lowest BCUT2D eigenvalue weighted by Crippen LogP contribution is -2.40. The molecule has 0 aliphatic carbocycles. The summed E-state index contributed by atoms with van der Waals surface area (Å²) >= 11 is 0. The van der Waals surface area contributed by atoms with Crippen LogP contribution >= 0.6 is 0 Å². The van der Waals surface area contributed by atoms with Crippen molar-refractivity contribution in [3.8, 4) is 0 Å². The predicted octanol–water partition coefficient (Wildman–Crippen LogP) is 2.20. The molecular formula is C12H23NO2. The minimum absolute atomic E-state index is 0.149. The summed E-state index contributed by atoms with van der Waals surface area (Å²) in [6.45, 7) is 8.18. The highest BCUT2D eigenvalue weighted by molar-refractivity contribution is 5.77. The largest absolute Gasteiger partial charge is 0.366 e. The number of amides is 1. The summed E-state index contributed by atoms with van der Waals surface area (Å²) < 4.78 is 5.60. The van der Waals surface area contributed by atoms with Crippen molar-refractivity contribution in [3.05, 3.63) is 0 Å². The van der Waals surface area contributed by atoms with Gasteiger partial charge >= 0.3 is 0 Å². The van der Waals surface area contributed by atoms with Gasteiger partial charge in [-0.15, -0.1) is 0 Å². The molecular weight excluding hydrogens is 190 g/mol. The fraction of sp³-hybridized carbons (Fsp3) is 0.917. The van der Waals surface area contributed by atoms with Crippen LogP contribution in [-0.4, -0.2) is 36.1 Å². The molecule has 0 N–H and O–H groups in total. The number of ether oxygens (including phenoxy) is 1. The first-order valence-corrected chi connectivity index (χ1v) is 5.97. The molecule has 1 saturated heterocycles. The second-order valence-electron chi connectivity index (χ2n) is 4.84. The minimum atomic E-state index is -0.175. The van der Waals surface area contributed by atoms with Gasteiger partial charge in [-0.2, -0.15) is 0 Å². The maximum absolute atomic E-state index is 11.8. The number of nitrogens with zero attached hydrogens (tertiary/aromatic N) is 1. The van der Waals surface area contributed by atoms with Crippen LogP contribution in [0.5, 0.6) is 0 Å². The van der Waals surface area contributed by atoms with Crippen molar-refractivity contribution in [2.45, 2.75) is 52.1 Å². The van der Waals surface area contributed by atoms with Gasteiger partial charge < -0.3 is 9.64 Å². The van der Waals surface area contributed by atoms with E-state index in [0.29, 0.717) is 0 Å². The third-order valence-corrected chi connectivity index (χ3v) is 3.15. The van der Waals surface area contributed by atoms with E-state index in [2.05, 4.69) is 6.92 Å². The molecule has 0 bridgehead atoms. The van der Waals surface area contributed by atoms with E-state index in [9.17, 15) is 4.79 Å². The third kappa shape index (κ3) is 4.20. The van der Waals surface area contributed by atoms with E-state index in [-0.39, 0.29) is 18.1 Å². The Morgan fingerprint density at radius 3 is 2.40 bits per heavy atom. The zero-order valence-corrected chi connectivity index (χ0v) is 10.2. The Kier molecular flexibility index (Phi) is 4.58. The van der Waals surface area contributed by atoms with Gasteiger partial charge in [-0.05, 0) is 39.5 Å². The van der Waals surface area contributed by atoms with E-state index in [1.54, 1.807) is 0 Å². The van der Waals surface area contributed by atoms with Gasteiger partial charge in [0.15, 0.2) is 0 Å². The third-order valence-electron chi connectivity index (χ3n) is 3.15. The van der Waals surface area contributed by atoms with E-state index >= 15 is 0 Å². The molecule has 3 heteroatoms. The number of hydrogen-bond acceptors (Lipinski definition) is 2. The first kappa shape index (κ1) is 12.5. The van der Waals surface area contributed by atoms with Gasteiger partial charge in [0.05, 0.1) is 5.60 Å². The van der Waals surface area contributed by atoms with Crippen molar-refractivity contribution in [3.63, 3.8) is 0 Å². The molecule has 1 aliphatic heterocycles. The normalized spacial score (nSPS) is 17.9. The van der Waals surface area contributed by atoms with Crippen molar-refractivity contribution in [1.82, 2.24) is 4.90 Å². The van der Waals surface area contributed by atoms with Crippen LogP contribution < -0.4 is 0 Å². The molecule has 0 aromatic rings. The molecule has 0 spiro atoms. The number of carbonyl (C=O) groups excluding carboxylic acids is 1. The van der Waals surface area contributed by atoms with Gasteiger partial charge in [-0.3, -0.25) is 4.79 Å². The van der Waals surface area contributed by atoms with Crippen molar-refractivity contribution >= 4 is 5.91 Å². The quantitative estimate of drug-likeness (QED) is 0.716. The molecule has 0 unspecified atom stereocenters. The molecule has 1 heterocycles. The van der Waals surface area contributed by atoms with Gasteiger partial charge in [-0.1, -0.05) is 6.92 Å². The molecule has 15 heavy (non-hydrogen) atoms. The molecule has 1 fully saturated rings. The topological polar surface area (TPSA) is 29.5 Å². The summed E-state index contributed by atoms with van der Waals surface area (Å²) in [5, 5.41) is 0. The molecule has 0 aromatic heterocycles. The summed E-state index contributed by atoms with van der Waals surface area (Å²) in [5.41, 5.74) is -0.175. The van der Waals surface area contributed by atoms with Crippen LogP contribution in [0.25, 0.3) is 0 Å². The fourth-order valence-electron chi connectivity index (χ4n) is 1.59. The van der Waals surface area contributed by atoms with Gasteiger partial charge in [0.1, 0.15) is 6.61 Å². The highest BCUT2D eigenvalue weighted by Crippen LogP contribution is 2.14. The minimum Gasteiger partial charge on any atom is -0.366 e. The first-order valence-electron chi connectivity index (χ1n) is 5.97. The highest BCUT2D eigenvalue weighted by Gasteiger charge is 2.21. The van der Waals surface area contributed by atoms with E-state index in [4.69, 9.17) is 4.74 Å². The van der Waals surface area contributed by atoms with Gasteiger partial charge in [0.2, 0.25) is 5.91 Å². The zero-order chi connectivity index (χ0) is 11.3. The van der Waals surface area contributed by atoms with Crippen LogP contribution in [0.3, 0.4) is 0 Å². The summed E-state index contributed by atoms with van der Waals surface area (Å²) in [7, 11) is 0. The van der Waals surface area contributed by atoms with Crippen LogP contribution in [-0.2, 0) is 9.53 Å². The monoisotopic (exact) mass is 213 g/mol. The molecule has 0 aromatic carbocycles. The molecule has 0 radical (unpaired) electrons. The Labute approximate surface area is 92.8 Å². The average Bonchev–Trinajstić information content (AvgIpc) is 2.27. The van der Waals surface area contributed by atoms with Gasteiger partial charge in [-0.25, -0.2) is 0 Å². The second kappa shape index (κ2) is 5.50. The zero-order valence-electron chi connectivity index (χ0n) is 10.2. The smallest absolute Gasteiger partial charge is 0.248 e. The van der Waals surface area contributed by atoms with Crippen molar-refractivity contribution in [2.24, 2.45) is 0 Å². The van der Waals surface area contributed by atoms with Gasteiger partial charge in [0.25, 0.3) is 0 Å². The Morgan fingerprint density at radius 1 is 1.27 bits per heavy atom. The summed E-state index contributed by atoms with van der Waals surface area (Å²) in [6.07, 6.45) is 4.47. The Bertz CT molecular complexity index is 208. The molecule has 1 amide bonds. The van der Waals surface area contributed by atoms with Crippen molar-refractivity contribution in [1.29, 1.82) is 0 Å². The predicted molar refractivity (Wildman–Crippen MR) is 60.8 cm³/mol. The first-order chi connectivity index (χ1) is 7.05. The molecule has 1 rings (SSSR count). The number of rotatable bonds is 4. The molecule has 0 saturated carbocycles. The van der Waals surface area contributed by atoms with Crippen molar-refractivity contribution in [2.75, 3.05) is 19.7 Å². The lowest BCUT2D eigenvalue weighted by atomic mass is 10.1. The van der Waals surface area contributed by atoms with Crippen LogP contribution in [0.2, 0.25) is 0 Å². The maximum Gasteiger partial charge on any atom is 0.248 e. The lowest BCUT2D eigenvalue weighted by Gasteiger charge is -2.29. The fourth-order valence-corrected chi connectivity index (χ4v) is 1.59. The number of carbonyl (C=O) groups is 1. The summed E-state index contributed by atoms with van der Waals surface area (Å²) in [6, 6.07) is 0. The second-order valence-corrected chi connectivity index (χ2v) is 4.84. The molecule has 0 atom stereocenters. The molecule has 3 nitrogen and oxygen atoms in total. The van der Waals surface area contributed by atoms with Gasteiger partial charge in [0, 0.05) is 13.1 Å². The van der Waals surface area contributed by atoms with E-state index < -0.39 is 0 Å². The van der Waals surface area contributed by atoms with Crippen molar-refractivity contribution < 1.29 is 9.53 Å². The number of likely N-dealkylation sites (tertiary alicyclic amines) is 1. The van der Waals surface area contributed by atoms with Crippen LogP contribution in [0.15, 0.2) is 0 Å². The Hall–Kier alpha value is -0.570. The van der Waals surface area contributed by atoms with E-state index in [1.165, 1.54) is 6.42 Å². The maximum atomic E-state index is 11.8. The molecule has 1 aliphatic rings. The average molecular weight is 213 g/mol. The van der Waals surface area contributed by atoms with Crippen LogP contribution in [0.1, 0.15) is 46.5 Å². The standard InChI is InChI=1S/C12H23NO2/c1-4-12(2,3)15-10-11(14)13-8-6-5-7-9-13/h4-10H2,1-3H3. The van der Waals surface area contributed by atoms with Crippen LogP contribution in [0, 0.1) is 0 Å². The lowest BCUT2D eigenvalue weighted by molar-refractivity contribution is -0.142. The number of hydrogen-bond donors (Lipinski definition) is 0. The highest BCUT2D eigenvalue weighted by atomic mass is 16.5. The summed E-state index contributed by atoms with van der Waals surface area (Å²) in [4.78, 5) is 13.7. The summed E-state index contributed by atoms with van der Waals surface area (Å²) in [5.74, 6) is 0.149. The Balaban J connectivity index is 2.28. The SMILES string of the molecule is CCC(C)(C)OCC(=O)N1CCCCC1. The Morgan fingerprint density at radius 2 is 1.87 bits per heavy atom. The van der Waals surface area contributed by atoms with E-state index in [1.807, 2.05) is 18.7 Å². The number of piperidine rings is 1. The van der Waals surface area contributed by atoms with E-state index in [0.717, 1.165) is 32.4 Å².